The molecule has 162 valence electrons. The van der Waals surface area contributed by atoms with Crippen molar-refractivity contribution in [3.05, 3.63) is 65.8 Å². The molecule has 0 aliphatic heterocycles. The molecule has 0 bridgehead atoms. The SMILES string of the molecule is O=C(CCc1nc(-c2cccnc2)no1)NCCNC(=O)c1ccc(C(F)(F)F)cc1. The molecule has 3 rings (SSSR count). The number of alkyl halides is 3. The van der Waals surface area contributed by atoms with E-state index < -0.39 is 17.6 Å². The normalized spacial score (nSPS) is 11.2. The van der Waals surface area contributed by atoms with Gasteiger partial charge in [-0.2, -0.15) is 18.2 Å². The van der Waals surface area contributed by atoms with Crippen LogP contribution < -0.4 is 10.6 Å². The molecule has 1 aromatic carbocycles. The topological polar surface area (TPSA) is 110 Å². The Labute approximate surface area is 174 Å². The summed E-state index contributed by atoms with van der Waals surface area (Å²) in [6.45, 7) is 0.285. The van der Waals surface area contributed by atoms with E-state index in [2.05, 4.69) is 25.8 Å². The molecule has 31 heavy (non-hydrogen) atoms. The van der Waals surface area contributed by atoms with Crippen molar-refractivity contribution in [1.29, 1.82) is 0 Å². The minimum absolute atomic E-state index is 0.0974. The number of carbonyl (C=O) groups is 2. The van der Waals surface area contributed by atoms with Crippen molar-refractivity contribution in [2.75, 3.05) is 13.1 Å². The quantitative estimate of drug-likeness (QED) is 0.529. The smallest absolute Gasteiger partial charge is 0.354 e. The number of carbonyl (C=O) groups excluding carboxylic acids is 2. The maximum Gasteiger partial charge on any atom is 0.416 e. The van der Waals surface area contributed by atoms with Crippen molar-refractivity contribution in [1.82, 2.24) is 25.8 Å². The monoisotopic (exact) mass is 433 g/mol. The maximum absolute atomic E-state index is 12.5. The first-order valence-electron chi connectivity index (χ1n) is 9.28. The lowest BCUT2D eigenvalue weighted by molar-refractivity contribution is -0.137. The minimum atomic E-state index is -4.46. The lowest BCUT2D eigenvalue weighted by Crippen LogP contribution is -2.34. The third-order valence-corrected chi connectivity index (χ3v) is 4.16. The van der Waals surface area contributed by atoms with Crippen molar-refractivity contribution < 1.29 is 27.3 Å². The standard InChI is InChI=1S/C20H18F3N5O3/c21-20(22,23)15-5-3-13(4-6-15)19(30)26-11-10-25-16(29)7-8-17-27-18(28-31-17)14-2-1-9-24-12-14/h1-6,9,12H,7-8,10-11H2,(H,25,29)(H,26,30). The van der Waals surface area contributed by atoms with E-state index in [1.165, 1.54) is 0 Å². The van der Waals surface area contributed by atoms with E-state index in [4.69, 9.17) is 4.52 Å². The fraction of sp³-hybridized carbons (Fsp3) is 0.250. The van der Waals surface area contributed by atoms with E-state index in [1.807, 2.05) is 0 Å². The Morgan fingerprint density at radius 1 is 1.03 bits per heavy atom. The first kappa shape index (κ1) is 21.9. The van der Waals surface area contributed by atoms with Gasteiger partial charge in [0.2, 0.25) is 17.6 Å². The highest BCUT2D eigenvalue weighted by Gasteiger charge is 2.30. The van der Waals surface area contributed by atoms with Gasteiger partial charge in [0.25, 0.3) is 5.91 Å². The molecule has 2 aromatic heterocycles. The molecule has 0 saturated carbocycles. The molecule has 0 spiro atoms. The van der Waals surface area contributed by atoms with Crippen molar-refractivity contribution in [3.8, 4) is 11.4 Å². The molecule has 0 aliphatic rings. The molecule has 0 atom stereocenters. The van der Waals surface area contributed by atoms with Gasteiger partial charge in [-0.25, -0.2) is 0 Å². The number of hydrogen-bond acceptors (Lipinski definition) is 6. The number of aromatic nitrogens is 3. The lowest BCUT2D eigenvalue weighted by atomic mass is 10.1. The lowest BCUT2D eigenvalue weighted by Gasteiger charge is -2.09. The number of pyridine rings is 1. The van der Waals surface area contributed by atoms with E-state index in [-0.39, 0.29) is 37.4 Å². The van der Waals surface area contributed by atoms with Crippen LogP contribution in [0.4, 0.5) is 13.2 Å². The Morgan fingerprint density at radius 2 is 1.77 bits per heavy atom. The van der Waals surface area contributed by atoms with E-state index >= 15 is 0 Å². The number of nitrogens with zero attached hydrogens (tertiary/aromatic N) is 3. The van der Waals surface area contributed by atoms with Crippen molar-refractivity contribution in [2.45, 2.75) is 19.0 Å². The zero-order valence-electron chi connectivity index (χ0n) is 16.1. The summed E-state index contributed by atoms with van der Waals surface area (Å²) in [6.07, 6.45) is -0.875. The zero-order chi connectivity index (χ0) is 22.3. The van der Waals surface area contributed by atoms with Crippen molar-refractivity contribution in [3.63, 3.8) is 0 Å². The van der Waals surface area contributed by atoms with Gasteiger partial charge < -0.3 is 15.2 Å². The Kier molecular flexibility index (Phi) is 6.96. The Hall–Kier alpha value is -3.76. The summed E-state index contributed by atoms with van der Waals surface area (Å²) in [7, 11) is 0. The van der Waals surface area contributed by atoms with E-state index in [0.29, 0.717) is 17.3 Å². The van der Waals surface area contributed by atoms with Crippen LogP contribution in [0.2, 0.25) is 0 Å². The Balaban J connectivity index is 1.36. The summed E-state index contributed by atoms with van der Waals surface area (Å²) in [5.74, 6) is -0.110. The van der Waals surface area contributed by atoms with Gasteiger partial charge >= 0.3 is 6.18 Å². The number of benzene rings is 1. The first-order valence-corrected chi connectivity index (χ1v) is 9.28. The summed E-state index contributed by atoms with van der Waals surface area (Å²) in [5, 5.41) is 8.99. The molecule has 2 N–H and O–H groups in total. The number of nitrogens with one attached hydrogen (secondary N) is 2. The van der Waals surface area contributed by atoms with Crippen LogP contribution in [0.1, 0.15) is 28.2 Å². The van der Waals surface area contributed by atoms with Gasteiger partial charge in [-0.15, -0.1) is 0 Å². The summed E-state index contributed by atoms with van der Waals surface area (Å²) >= 11 is 0. The van der Waals surface area contributed by atoms with Crippen molar-refractivity contribution in [2.24, 2.45) is 0 Å². The van der Waals surface area contributed by atoms with Gasteiger partial charge in [0.15, 0.2) is 0 Å². The van der Waals surface area contributed by atoms with Gasteiger partial charge in [0, 0.05) is 49.5 Å². The fourth-order valence-electron chi connectivity index (χ4n) is 2.57. The molecular formula is C20H18F3N5O3. The van der Waals surface area contributed by atoms with Crippen molar-refractivity contribution >= 4 is 11.8 Å². The molecule has 0 aliphatic carbocycles. The van der Waals surface area contributed by atoms with Crippen LogP contribution in [0, 0.1) is 0 Å². The fourth-order valence-corrected chi connectivity index (χ4v) is 2.57. The molecule has 11 heteroatoms. The third kappa shape index (κ3) is 6.36. The molecule has 0 radical (unpaired) electrons. The van der Waals surface area contributed by atoms with Gasteiger partial charge in [-0.3, -0.25) is 14.6 Å². The number of aryl methyl sites for hydroxylation is 1. The first-order chi connectivity index (χ1) is 14.8. The van der Waals surface area contributed by atoms with Gasteiger partial charge in [0.05, 0.1) is 5.56 Å². The highest BCUT2D eigenvalue weighted by Crippen LogP contribution is 2.29. The molecule has 2 heterocycles. The van der Waals surface area contributed by atoms with E-state index in [9.17, 15) is 22.8 Å². The number of hydrogen-bond donors (Lipinski definition) is 2. The zero-order valence-corrected chi connectivity index (χ0v) is 16.1. The minimum Gasteiger partial charge on any atom is -0.354 e. The predicted molar refractivity (Wildman–Crippen MR) is 103 cm³/mol. The summed E-state index contributed by atoms with van der Waals surface area (Å²) in [4.78, 5) is 32.0. The molecule has 0 fully saturated rings. The molecule has 2 amide bonds. The summed E-state index contributed by atoms with van der Waals surface area (Å²) in [6, 6.07) is 7.41. The van der Waals surface area contributed by atoms with Crippen LogP contribution in [-0.4, -0.2) is 40.0 Å². The molecule has 8 nitrogen and oxygen atoms in total. The van der Waals surface area contributed by atoms with Crippen LogP contribution >= 0.6 is 0 Å². The second-order valence-electron chi connectivity index (χ2n) is 6.43. The average molecular weight is 433 g/mol. The second-order valence-corrected chi connectivity index (χ2v) is 6.43. The second kappa shape index (κ2) is 9.83. The highest BCUT2D eigenvalue weighted by molar-refractivity contribution is 5.94. The van der Waals surface area contributed by atoms with Crippen LogP contribution in [0.15, 0.2) is 53.3 Å². The van der Waals surface area contributed by atoms with E-state index in [0.717, 1.165) is 24.3 Å². The van der Waals surface area contributed by atoms with Gasteiger partial charge in [-0.1, -0.05) is 5.16 Å². The van der Waals surface area contributed by atoms with Crippen LogP contribution in [0.3, 0.4) is 0 Å². The van der Waals surface area contributed by atoms with Gasteiger partial charge in [0.1, 0.15) is 0 Å². The van der Waals surface area contributed by atoms with Crippen LogP contribution in [0.5, 0.6) is 0 Å². The van der Waals surface area contributed by atoms with Gasteiger partial charge in [-0.05, 0) is 36.4 Å². The maximum atomic E-state index is 12.5. The largest absolute Gasteiger partial charge is 0.416 e. The molecule has 0 unspecified atom stereocenters. The Bertz CT molecular complexity index is 1020. The average Bonchev–Trinajstić information content (AvgIpc) is 3.24. The van der Waals surface area contributed by atoms with Crippen LogP contribution in [0.25, 0.3) is 11.4 Å². The number of rotatable bonds is 8. The third-order valence-electron chi connectivity index (χ3n) is 4.16. The Morgan fingerprint density at radius 3 is 2.45 bits per heavy atom. The molecule has 0 saturated heterocycles. The predicted octanol–water partition coefficient (Wildman–Crippen LogP) is 2.63. The molecule has 3 aromatic rings. The van der Waals surface area contributed by atoms with Crippen LogP contribution in [-0.2, 0) is 17.4 Å². The van der Waals surface area contributed by atoms with E-state index in [1.54, 1.807) is 24.5 Å². The number of halogens is 3. The highest BCUT2D eigenvalue weighted by atomic mass is 19.4. The summed E-state index contributed by atoms with van der Waals surface area (Å²) in [5.41, 5.74) is -0.0315. The molecular weight excluding hydrogens is 415 g/mol. The number of amides is 2. The summed E-state index contributed by atoms with van der Waals surface area (Å²) < 4.78 is 42.7.